The van der Waals surface area contributed by atoms with Gasteiger partial charge in [-0.1, -0.05) is 13.0 Å². The second-order valence-electron chi connectivity index (χ2n) is 9.01. The maximum atomic E-state index is 13.0. The third-order valence-electron chi connectivity index (χ3n) is 5.11. The van der Waals surface area contributed by atoms with Crippen molar-refractivity contribution in [1.82, 2.24) is 9.80 Å². The molecule has 0 spiro atoms. The Morgan fingerprint density at radius 1 is 1.30 bits per heavy atom. The Morgan fingerprint density at radius 3 is 2.63 bits per heavy atom. The third kappa shape index (κ3) is 6.58. The van der Waals surface area contributed by atoms with Crippen molar-refractivity contribution in [2.75, 3.05) is 19.7 Å². The van der Waals surface area contributed by atoms with Crippen molar-refractivity contribution in [2.24, 2.45) is 11.7 Å². The first kappa shape index (κ1) is 23.9. The molecule has 0 saturated carbocycles. The maximum absolute atomic E-state index is 13.0. The van der Waals surface area contributed by atoms with Crippen LogP contribution in [0.25, 0.3) is 0 Å². The molecule has 0 unspecified atom stereocenters. The van der Waals surface area contributed by atoms with Gasteiger partial charge in [-0.15, -0.1) is 0 Å². The van der Waals surface area contributed by atoms with E-state index in [2.05, 4.69) is 6.92 Å². The highest BCUT2D eigenvalue weighted by atomic mass is 16.6. The number of carbonyl (C=O) groups excluding carboxylic acids is 3. The molecule has 2 heterocycles. The first-order valence-electron chi connectivity index (χ1n) is 10.6. The number of piperidine rings is 1. The fourth-order valence-electron chi connectivity index (χ4n) is 3.64. The van der Waals surface area contributed by atoms with Gasteiger partial charge in [-0.05, 0) is 64.5 Å². The van der Waals surface area contributed by atoms with Crippen molar-refractivity contribution in [3.05, 3.63) is 23.9 Å². The van der Waals surface area contributed by atoms with Crippen LogP contribution in [0.3, 0.4) is 0 Å². The Bertz CT molecular complexity index is 710. The molecule has 0 bridgehead atoms. The number of likely N-dealkylation sites (tertiary alicyclic amines) is 1. The summed E-state index contributed by atoms with van der Waals surface area (Å²) in [7, 11) is 0. The van der Waals surface area contributed by atoms with Crippen LogP contribution in [0.4, 0.5) is 4.79 Å². The van der Waals surface area contributed by atoms with Gasteiger partial charge in [-0.2, -0.15) is 0 Å². The molecule has 2 N–H and O–H groups in total. The van der Waals surface area contributed by atoms with E-state index in [0.29, 0.717) is 31.8 Å². The van der Waals surface area contributed by atoms with E-state index in [-0.39, 0.29) is 18.5 Å². The van der Waals surface area contributed by atoms with Gasteiger partial charge in [0.2, 0.25) is 5.91 Å². The lowest BCUT2D eigenvalue weighted by Crippen LogP contribution is -2.55. The Kier molecular flexibility index (Phi) is 8.06. The number of hydrogen-bond acceptors (Lipinski definition) is 6. The summed E-state index contributed by atoms with van der Waals surface area (Å²) in [6.07, 6.45) is 6.50. The van der Waals surface area contributed by atoms with E-state index in [0.717, 1.165) is 12.0 Å². The minimum absolute atomic E-state index is 0.265. The molecule has 168 valence electrons. The van der Waals surface area contributed by atoms with Gasteiger partial charge < -0.3 is 20.1 Å². The minimum atomic E-state index is -0.798. The standard InChI is InChI=1S/C22H35N3O5/c1-6-29-20(27)18-12-15(2)9-11-25(18)19(26)17(23)13-16-8-7-10-24(14-16)21(28)30-22(3,4)5/h7-8,10,15,17-18H,6,9,11-14,23H2,1-5H3/t15-,17+,18-/m1/s1. The van der Waals surface area contributed by atoms with Crippen molar-refractivity contribution in [3.63, 3.8) is 0 Å². The van der Waals surface area contributed by atoms with E-state index in [4.69, 9.17) is 15.2 Å². The number of ether oxygens (including phenoxy) is 2. The molecule has 0 radical (unpaired) electrons. The highest BCUT2D eigenvalue weighted by Crippen LogP contribution is 2.25. The first-order chi connectivity index (χ1) is 14.0. The summed E-state index contributed by atoms with van der Waals surface area (Å²) in [6.45, 7) is 10.3. The quantitative estimate of drug-likeness (QED) is 0.685. The van der Waals surface area contributed by atoms with Crippen molar-refractivity contribution >= 4 is 18.0 Å². The van der Waals surface area contributed by atoms with Crippen molar-refractivity contribution in [3.8, 4) is 0 Å². The van der Waals surface area contributed by atoms with Gasteiger partial charge in [0.1, 0.15) is 11.6 Å². The maximum Gasteiger partial charge on any atom is 0.414 e. The molecule has 3 atom stereocenters. The summed E-state index contributed by atoms with van der Waals surface area (Å²) < 4.78 is 10.6. The molecular weight excluding hydrogens is 386 g/mol. The fourth-order valence-corrected chi connectivity index (χ4v) is 3.64. The number of hydrogen-bond donors (Lipinski definition) is 1. The van der Waals surface area contributed by atoms with Gasteiger partial charge >= 0.3 is 12.1 Å². The SMILES string of the molecule is CCOC(=O)[C@H]1C[C@H](C)CCN1C(=O)[C@@H](N)CC1=CC=CN(C(=O)OC(C)(C)C)C1. The molecule has 8 heteroatoms. The van der Waals surface area contributed by atoms with Crippen molar-refractivity contribution in [1.29, 1.82) is 0 Å². The van der Waals surface area contributed by atoms with Crippen LogP contribution >= 0.6 is 0 Å². The van der Waals surface area contributed by atoms with Crippen LogP contribution in [0.1, 0.15) is 53.9 Å². The van der Waals surface area contributed by atoms with Crippen LogP contribution < -0.4 is 5.73 Å². The molecule has 1 saturated heterocycles. The average Bonchev–Trinajstić information content (AvgIpc) is 2.66. The number of esters is 1. The van der Waals surface area contributed by atoms with Gasteiger partial charge in [-0.25, -0.2) is 9.59 Å². The van der Waals surface area contributed by atoms with Gasteiger partial charge in [0, 0.05) is 19.3 Å². The minimum Gasteiger partial charge on any atom is -0.464 e. The van der Waals surface area contributed by atoms with Crippen molar-refractivity contribution in [2.45, 2.75) is 71.6 Å². The molecule has 2 aliphatic heterocycles. The molecule has 2 aliphatic rings. The Hall–Kier alpha value is -2.35. The Balaban J connectivity index is 2.00. The summed E-state index contributed by atoms with van der Waals surface area (Å²) in [4.78, 5) is 40.7. The topological polar surface area (TPSA) is 102 Å². The molecule has 1 fully saturated rings. The fraction of sp³-hybridized carbons (Fsp3) is 0.682. The lowest BCUT2D eigenvalue weighted by Gasteiger charge is -2.38. The molecule has 30 heavy (non-hydrogen) atoms. The highest BCUT2D eigenvalue weighted by molar-refractivity contribution is 5.88. The van der Waals surface area contributed by atoms with Gasteiger partial charge in [0.25, 0.3) is 0 Å². The normalized spacial score (nSPS) is 22.9. The van der Waals surface area contributed by atoms with E-state index in [9.17, 15) is 14.4 Å². The number of nitrogens with two attached hydrogens (primary N) is 1. The Labute approximate surface area is 179 Å². The summed E-state index contributed by atoms with van der Waals surface area (Å²) in [5.41, 5.74) is 6.49. The third-order valence-corrected chi connectivity index (χ3v) is 5.11. The smallest absolute Gasteiger partial charge is 0.414 e. The number of nitrogens with zero attached hydrogens (tertiary/aromatic N) is 2. The molecule has 2 rings (SSSR count). The Morgan fingerprint density at radius 2 is 2.00 bits per heavy atom. The molecular formula is C22H35N3O5. The van der Waals surface area contributed by atoms with Crippen LogP contribution in [0.2, 0.25) is 0 Å². The molecule has 2 amide bonds. The van der Waals surface area contributed by atoms with Crippen LogP contribution in [0.15, 0.2) is 23.9 Å². The van der Waals surface area contributed by atoms with Crippen LogP contribution in [0, 0.1) is 5.92 Å². The van der Waals surface area contributed by atoms with E-state index in [1.54, 1.807) is 24.1 Å². The molecule has 8 nitrogen and oxygen atoms in total. The zero-order valence-corrected chi connectivity index (χ0v) is 18.7. The molecule has 0 aliphatic carbocycles. The molecule has 0 aromatic heterocycles. The second kappa shape index (κ2) is 10.1. The highest BCUT2D eigenvalue weighted by Gasteiger charge is 2.37. The first-order valence-corrected chi connectivity index (χ1v) is 10.6. The number of allylic oxidation sites excluding steroid dienone is 2. The zero-order valence-electron chi connectivity index (χ0n) is 18.7. The predicted molar refractivity (Wildman–Crippen MR) is 113 cm³/mol. The van der Waals surface area contributed by atoms with Crippen LogP contribution in [0.5, 0.6) is 0 Å². The lowest BCUT2D eigenvalue weighted by molar-refractivity contribution is -0.158. The number of carbonyl (C=O) groups is 3. The monoisotopic (exact) mass is 421 g/mol. The summed E-state index contributed by atoms with van der Waals surface area (Å²) in [6, 6.07) is -1.39. The second-order valence-corrected chi connectivity index (χ2v) is 9.01. The average molecular weight is 422 g/mol. The largest absolute Gasteiger partial charge is 0.464 e. The van der Waals surface area contributed by atoms with E-state index < -0.39 is 23.8 Å². The summed E-state index contributed by atoms with van der Waals surface area (Å²) >= 11 is 0. The van der Waals surface area contributed by atoms with E-state index in [1.807, 2.05) is 26.8 Å². The van der Waals surface area contributed by atoms with E-state index in [1.165, 1.54) is 4.90 Å². The molecule has 0 aromatic carbocycles. The number of rotatable bonds is 5. The summed E-state index contributed by atoms with van der Waals surface area (Å²) in [5, 5.41) is 0. The van der Waals surface area contributed by atoms with E-state index >= 15 is 0 Å². The van der Waals surface area contributed by atoms with Gasteiger partial charge in [0.15, 0.2) is 0 Å². The van der Waals surface area contributed by atoms with Crippen LogP contribution in [-0.2, 0) is 19.1 Å². The van der Waals surface area contributed by atoms with Gasteiger partial charge in [-0.3, -0.25) is 9.69 Å². The lowest BCUT2D eigenvalue weighted by atomic mass is 9.91. The number of amides is 2. The summed E-state index contributed by atoms with van der Waals surface area (Å²) in [5.74, 6) is -0.298. The predicted octanol–water partition coefficient (Wildman–Crippen LogP) is 2.58. The molecule has 0 aromatic rings. The van der Waals surface area contributed by atoms with Crippen LogP contribution in [-0.4, -0.2) is 65.2 Å². The van der Waals surface area contributed by atoms with Gasteiger partial charge in [0.05, 0.1) is 12.6 Å². The zero-order chi connectivity index (χ0) is 22.5. The van der Waals surface area contributed by atoms with Crippen molar-refractivity contribution < 1.29 is 23.9 Å².